The van der Waals surface area contributed by atoms with Gasteiger partial charge in [0.2, 0.25) is 0 Å². The van der Waals surface area contributed by atoms with Gasteiger partial charge in [0, 0.05) is 29.7 Å². The molecule has 1 atom stereocenters. The standard InChI is InChI=1S/C13H17N3OS/c1-9(14)13-11(17-3)5-4-6-12(13)18-10-7-15-16(2)8-10/h4-9H,14H2,1-3H3. The van der Waals surface area contributed by atoms with E-state index in [9.17, 15) is 0 Å². The van der Waals surface area contributed by atoms with E-state index in [-0.39, 0.29) is 6.04 Å². The summed E-state index contributed by atoms with van der Waals surface area (Å²) in [6.45, 7) is 1.96. The molecule has 0 saturated carbocycles. The van der Waals surface area contributed by atoms with Gasteiger partial charge in [-0.05, 0) is 19.1 Å². The Labute approximate surface area is 111 Å². The molecule has 18 heavy (non-hydrogen) atoms. The van der Waals surface area contributed by atoms with Crippen molar-refractivity contribution in [1.29, 1.82) is 0 Å². The summed E-state index contributed by atoms with van der Waals surface area (Å²) in [6.07, 6.45) is 3.82. The van der Waals surface area contributed by atoms with E-state index >= 15 is 0 Å². The van der Waals surface area contributed by atoms with Gasteiger partial charge in [-0.15, -0.1) is 0 Å². The summed E-state index contributed by atoms with van der Waals surface area (Å²) in [5, 5.41) is 4.16. The average Bonchev–Trinajstić information content (AvgIpc) is 2.74. The number of methoxy groups -OCH3 is 1. The third-order valence-electron chi connectivity index (χ3n) is 2.61. The topological polar surface area (TPSA) is 53.1 Å². The molecule has 2 N–H and O–H groups in total. The summed E-state index contributed by atoms with van der Waals surface area (Å²) in [5.74, 6) is 0.832. The first kappa shape index (κ1) is 13.0. The van der Waals surface area contributed by atoms with Gasteiger partial charge < -0.3 is 10.5 Å². The van der Waals surface area contributed by atoms with Crippen LogP contribution in [-0.4, -0.2) is 16.9 Å². The maximum Gasteiger partial charge on any atom is 0.124 e. The normalized spacial score (nSPS) is 12.4. The molecule has 2 rings (SSSR count). The Morgan fingerprint density at radius 2 is 2.22 bits per heavy atom. The van der Waals surface area contributed by atoms with Crippen LogP contribution in [0.3, 0.4) is 0 Å². The summed E-state index contributed by atoms with van der Waals surface area (Å²) in [7, 11) is 3.57. The SMILES string of the molecule is COc1cccc(Sc2cnn(C)c2)c1C(C)N. The summed E-state index contributed by atoms with van der Waals surface area (Å²) in [6, 6.07) is 5.90. The number of hydrogen-bond acceptors (Lipinski definition) is 4. The van der Waals surface area contributed by atoms with Crippen molar-refractivity contribution in [2.75, 3.05) is 7.11 Å². The minimum Gasteiger partial charge on any atom is -0.496 e. The summed E-state index contributed by atoms with van der Waals surface area (Å²) in [4.78, 5) is 2.20. The molecule has 0 spiro atoms. The number of nitrogens with zero attached hydrogens (tertiary/aromatic N) is 2. The van der Waals surface area contributed by atoms with Gasteiger partial charge in [-0.3, -0.25) is 4.68 Å². The lowest BCUT2D eigenvalue weighted by Gasteiger charge is -2.15. The van der Waals surface area contributed by atoms with Gasteiger partial charge in [0.15, 0.2) is 0 Å². The molecule has 0 aliphatic carbocycles. The van der Waals surface area contributed by atoms with E-state index in [1.54, 1.807) is 23.6 Å². The van der Waals surface area contributed by atoms with E-state index in [1.165, 1.54) is 0 Å². The zero-order valence-electron chi connectivity index (χ0n) is 10.8. The molecule has 1 unspecified atom stereocenters. The van der Waals surface area contributed by atoms with Gasteiger partial charge in [0.1, 0.15) is 5.75 Å². The van der Waals surface area contributed by atoms with Crippen molar-refractivity contribution in [2.24, 2.45) is 12.8 Å². The molecular weight excluding hydrogens is 246 g/mol. The third kappa shape index (κ3) is 2.68. The monoisotopic (exact) mass is 263 g/mol. The summed E-state index contributed by atoms with van der Waals surface area (Å²) < 4.78 is 7.16. The first-order valence-corrected chi connectivity index (χ1v) is 6.52. The minimum absolute atomic E-state index is 0.0691. The molecule has 1 aromatic carbocycles. The van der Waals surface area contributed by atoms with E-state index < -0.39 is 0 Å². The first-order valence-electron chi connectivity index (χ1n) is 5.70. The molecule has 5 heteroatoms. The van der Waals surface area contributed by atoms with E-state index in [4.69, 9.17) is 10.5 Å². The van der Waals surface area contributed by atoms with Crippen LogP contribution in [0.1, 0.15) is 18.5 Å². The van der Waals surface area contributed by atoms with Crippen LogP contribution in [-0.2, 0) is 7.05 Å². The van der Waals surface area contributed by atoms with E-state index in [0.717, 1.165) is 21.1 Å². The zero-order chi connectivity index (χ0) is 13.1. The highest BCUT2D eigenvalue weighted by Gasteiger charge is 2.14. The Morgan fingerprint density at radius 3 is 2.78 bits per heavy atom. The lowest BCUT2D eigenvalue weighted by molar-refractivity contribution is 0.405. The van der Waals surface area contributed by atoms with E-state index in [1.807, 2.05) is 38.5 Å². The number of hydrogen-bond donors (Lipinski definition) is 1. The van der Waals surface area contributed by atoms with Crippen LogP contribution < -0.4 is 10.5 Å². The van der Waals surface area contributed by atoms with Gasteiger partial charge in [0.25, 0.3) is 0 Å². The Bertz CT molecular complexity index is 537. The molecule has 96 valence electrons. The molecule has 0 aliphatic rings. The van der Waals surface area contributed by atoms with Gasteiger partial charge in [-0.25, -0.2) is 0 Å². The van der Waals surface area contributed by atoms with E-state index in [2.05, 4.69) is 11.2 Å². The highest BCUT2D eigenvalue weighted by Crippen LogP contribution is 2.37. The van der Waals surface area contributed by atoms with Crippen LogP contribution in [0, 0.1) is 0 Å². The van der Waals surface area contributed by atoms with Crippen molar-refractivity contribution in [3.63, 3.8) is 0 Å². The maximum atomic E-state index is 6.04. The van der Waals surface area contributed by atoms with Gasteiger partial charge in [0.05, 0.1) is 18.2 Å². The molecule has 1 aromatic heterocycles. The number of benzene rings is 1. The van der Waals surface area contributed by atoms with Gasteiger partial charge in [-0.1, -0.05) is 17.8 Å². The number of aromatic nitrogens is 2. The molecule has 0 bridgehead atoms. The van der Waals surface area contributed by atoms with Crippen LogP contribution in [0.15, 0.2) is 40.4 Å². The Balaban J connectivity index is 2.37. The number of rotatable bonds is 4. The molecular formula is C13H17N3OS. The summed E-state index contributed by atoms with van der Waals surface area (Å²) in [5.41, 5.74) is 7.07. The fourth-order valence-corrected chi connectivity index (χ4v) is 2.92. The molecule has 0 saturated heterocycles. The highest BCUT2D eigenvalue weighted by molar-refractivity contribution is 7.99. The lowest BCUT2D eigenvalue weighted by Crippen LogP contribution is -2.08. The minimum atomic E-state index is -0.0691. The molecule has 0 radical (unpaired) electrons. The first-order chi connectivity index (χ1) is 8.61. The second-order valence-corrected chi connectivity index (χ2v) is 5.23. The molecule has 1 heterocycles. The predicted octanol–water partition coefficient (Wildman–Crippen LogP) is 2.60. The molecule has 0 fully saturated rings. The molecule has 0 aliphatic heterocycles. The molecule has 0 amide bonds. The Morgan fingerprint density at radius 1 is 1.44 bits per heavy atom. The van der Waals surface area contributed by atoms with Crippen molar-refractivity contribution in [3.8, 4) is 5.75 Å². The predicted molar refractivity (Wildman–Crippen MR) is 72.9 cm³/mol. The van der Waals surface area contributed by atoms with Crippen molar-refractivity contribution < 1.29 is 4.74 Å². The summed E-state index contributed by atoms with van der Waals surface area (Å²) >= 11 is 1.65. The van der Waals surface area contributed by atoms with Crippen molar-refractivity contribution in [3.05, 3.63) is 36.2 Å². The zero-order valence-corrected chi connectivity index (χ0v) is 11.6. The second-order valence-electron chi connectivity index (χ2n) is 4.11. The van der Waals surface area contributed by atoms with Crippen molar-refractivity contribution in [2.45, 2.75) is 22.8 Å². The fourth-order valence-electron chi connectivity index (χ4n) is 1.82. The van der Waals surface area contributed by atoms with Gasteiger partial charge >= 0.3 is 0 Å². The number of ether oxygens (including phenoxy) is 1. The van der Waals surface area contributed by atoms with Crippen LogP contribution >= 0.6 is 11.8 Å². The average molecular weight is 263 g/mol. The van der Waals surface area contributed by atoms with Crippen molar-refractivity contribution in [1.82, 2.24) is 9.78 Å². The molecule has 2 aromatic rings. The smallest absolute Gasteiger partial charge is 0.124 e. The highest BCUT2D eigenvalue weighted by atomic mass is 32.2. The molecule has 4 nitrogen and oxygen atoms in total. The maximum absolute atomic E-state index is 6.04. The quantitative estimate of drug-likeness (QED) is 0.921. The number of aryl methyl sites for hydroxylation is 1. The second kappa shape index (κ2) is 5.46. The Hall–Kier alpha value is -1.46. The number of nitrogens with two attached hydrogens (primary N) is 1. The third-order valence-corrected chi connectivity index (χ3v) is 3.63. The van der Waals surface area contributed by atoms with Crippen LogP contribution in [0.4, 0.5) is 0 Å². The van der Waals surface area contributed by atoms with Crippen molar-refractivity contribution >= 4 is 11.8 Å². The van der Waals surface area contributed by atoms with Crippen LogP contribution in [0.5, 0.6) is 5.75 Å². The largest absolute Gasteiger partial charge is 0.496 e. The van der Waals surface area contributed by atoms with Crippen LogP contribution in [0.25, 0.3) is 0 Å². The van der Waals surface area contributed by atoms with Gasteiger partial charge in [-0.2, -0.15) is 5.10 Å². The van der Waals surface area contributed by atoms with E-state index in [0.29, 0.717) is 0 Å². The lowest BCUT2D eigenvalue weighted by atomic mass is 10.1. The van der Waals surface area contributed by atoms with Crippen LogP contribution in [0.2, 0.25) is 0 Å². The fraction of sp³-hybridized carbons (Fsp3) is 0.308. The Kier molecular flexibility index (Phi) is 3.93.